The molecule has 3 aromatic rings. The minimum absolute atomic E-state index is 0.0910. The van der Waals surface area contributed by atoms with E-state index < -0.39 is 17.7 Å². The minimum atomic E-state index is -0.579. The number of rotatable bonds is 5. The Morgan fingerprint density at radius 2 is 1.89 bits per heavy atom. The van der Waals surface area contributed by atoms with Gasteiger partial charge in [-0.1, -0.05) is 11.6 Å². The molecule has 5 rings (SSSR count). The number of nitrogens with zero attached hydrogens (tertiary/aromatic N) is 3. The van der Waals surface area contributed by atoms with E-state index in [1.165, 1.54) is 4.90 Å². The first kappa shape index (κ1) is 25.3. The molecular formula is C27H33ClN6O3. The highest BCUT2D eigenvalue weighted by Crippen LogP contribution is 2.32. The number of pyridine rings is 2. The van der Waals surface area contributed by atoms with E-state index in [1.807, 2.05) is 51.2 Å². The number of ether oxygens (including phenoxy) is 1. The molecule has 2 aliphatic rings. The highest BCUT2D eigenvalue weighted by molar-refractivity contribution is 6.29. The second-order valence-electron chi connectivity index (χ2n) is 10.8. The fourth-order valence-corrected chi connectivity index (χ4v) is 5.22. The smallest absolute Gasteiger partial charge is 0.410 e. The average molecular weight is 525 g/mol. The zero-order valence-corrected chi connectivity index (χ0v) is 22.1. The van der Waals surface area contributed by atoms with Crippen molar-refractivity contribution in [3.05, 3.63) is 41.8 Å². The first-order valence-corrected chi connectivity index (χ1v) is 13.2. The molecule has 196 valence electrons. The predicted octanol–water partition coefficient (Wildman–Crippen LogP) is 5.13. The summed E-state index contributed by atoms with van der Waals surface area (Å²) in [6.45, 7) is 6.02. The first-order valence-electron chi connectivity index (χ1n) is 12.8. The van der Waals surface area contributed by atoms with E-state index >= 15 is 0 Å². The van der Waals surface area contributed by atoms with Gasteiger partial charge < -0.3 is 20.4 Å². The number of aromatic nitrogens is 3. The Kier molecular flexibility index (Phi) is 6.98. The highest BCUT2D eigenvalue weighted by atomic mass is 35.5. The van der Waals surface area contributed by atoms with Gasteiger partial charge in [-0.25, -0.2) is 14.8 Å². The van der Waals surface area contributed by atoms with Gasteiger partial charge in [0.2, 0.25) is 5.91 Å². The molecule has 37 heavy (non-hydrogen) atoms. The third kappa shape index (κ3) is 5.82. The van der Waals surface area contributed by atoms with Crippen LogP contribution in [0.15, 0.2) is 36.7 Å². The van der Waals surface area contributed by atoms with Crippen molar-refractivity contribution in [2.45, 2.75) is 76.6 Å². The Bertz CT molecular complexity index is 1290. The van der Waals surface area contributed by atoms with Crippen molar-refractivity contribution in [3.63, 3.8) is 0 Å². The molecule has 1 aliphatic carbocycles. The van der Waals surface area contributed by atoms with E-state index in [-0.39, 0.29) is 18.0 Å². The zero-order valence-electron chi connectivity index (χ0n) is 21.4. The summed E-state index contributed by atoms with van der Waals surface area (Å²) in [5.74, 6) is 0.638. The molecule has 0 unspecified atom stereocenters. The second kappa shape index (κ2) is 10.2. The Morgan fingerprint density at radius 1 is 1.14 bits per heavy atom. The fourth-order valence-electron chi connectivity index (χ4n) is 5.01. The fraction of sp³-hybridized carbons (Fsp3) is 0.481. The van der Waals surface area contributed by atoms with Gasteiger partial charge in [0.1, 0.15) is 28.3 Å². The molecule has 0 bridgehead atoms. The van der Waals surface area contributed by atoms with E-state index in [2.05, 4.69) is 25.6 Å². The molecule has 1 atom stereocenters. The van der Waals surface area contributed by atoms with Crippen molar-refractivity contribution < 1.29 is 14.3 Å². The lowest BCUT2D eigenvalue weighted by Crippen LogP contribution is -2.60. The number of hydrogen-bond donors (Lipinski definition) is 3. The number of nitrogens with one attached hydrogen (secondary N) is 3. The summed E-state index contributed by atoms with van der Waals surface area (Å²) in [4.78, 5) is 38.7. The summed E-state index contributed by atoms with van der Waals surface area (Å²) in [5.41, 5.74) is 2.25. The van der Waals surface area contributed by atoms with E-state index in [1.54, 1.807) is 6.20 Å². The van der Waals surface area contributed by atoms with E-state index in [4.69, 9.17) is 16.3 Å². The quantitative estimate of drug-likeness (QED) is 0.399. The van der Waals surface area contributed by atoms with Gasteiger partial charge in [0.05, 0.1) is 0 Å². The van der Waals surface area contributed by atoms with Gasteiger partial charge >= 0.3 is 6.09 Å². The Morgan fingerprint density at radius 3 is 2.59 bits per heavy atom. The first-order chi connectivity index (χ1) is 17.7. The molecule has 9 nitrogen and oxygen atoms in total. The Balaban J connectivity index is 1.15. The topological polar surface area (TPSA) is 112 Å². The second-order valence-corrected chi connectivity index (χ2v) is 11.2. The van der Waals surface area contributed by atoms with Crippen molar-refractivity contribution in [2.75, 3.05) is 11.9 Å². The SMILES string of the molecule is CC(C)(C)OC(=O)N1CC[C@H]1C(=O)NC1CCC(Nc2cc(-c3c[nH]c4ncccc34)cc(Cl)n2)CC1. The van der Waals surface area contributed by atoms with Crippen LogP contribution >= 0.6 is 11.6 Å². The van der Waals surface area contributed by atoms with Crippen molar-refractivity contribution in [3.8, 4) is 11.1 Å². The molecule has 2 fully saturated rings. The normalized spacial score (nSPS) is 21.8. The number of carbonyl (C=O) groups excluding carboxylic acids is 2. The number of anilines is 1. The predicted molar refractivity (Wildman–Crippen MR) is 143 cm³/mol. The standard InChI is InChI=1S/C27H33ClN6O3/c1-27(2,3)37-26(36)34-12-10-21(34)25(35)32-18-8-6-17(7-9-18)31-23-14-16(13-22(28)33-23)20-15-30-24-19(20)5-4-11-29-24/h4-5,11,13-15,17-18,21H,6-10,12H2,1-3H3,(H,29,30)(H,31,33)(H,32,35)/t17?,18?,21-/m0/s1. The monoisotopic (exact) mass is 524 g/mol. The third-order valence-electron chi connectivity index (χ3n) is 6.93. The molecule has 1 saturated carbocycles. The summed E-state index contributed by atoms with van der Waals surface area (Å²) in [6.07, 6.45) is 7.43. The molecule has 0 aromatic carbocycles. The van der Waals surface area contributed by atoms with Crippen LogP contribution in [0.2, 0.25) is 5.15 Å². The summed E-state index contributed by atoms with van der Waals surface area (Å²) >= 11 is 6.37. The minimum Gasteiger partial charge on any atom is -0.444 e. The highest BCUT2D eigenvalue weighted by Gasteiger charge is 2.40. The number of halogens is 1. The van der Waals surface area contributed by atoms with Crippen molar-refractivity contribution in [1.82, 2.24) is 25.2 Å². The Hall–Kier alpha value is -3.33. The van der Waals surface area contributed by atoms with Gasteiger partial charge in [0.25, 0.3) is 0 Å². The number of fused-ring (bicyclic) bond motifs is 1. The van der Waals surface area contributed by atoms with Crippen LogP contribution in [0.1, 0.15) is 52.9 Å². The lowest BCUT2D eigenvalue weighted by atomic mass is 9.90. The number of hydrogen-bond acceptors (Lipinski definition) is 6. The van der Waals surface area contributed by atoms with Crippen LogP contribution in [0.5, 0.6) is 0 Å². The van der Waals surface area contributed by atoms with Crippen LogP contribution in [-0.4, -0.2) is 62.1 Å². The summed E-state index contributed by atoms with van der Waals surface area (Å²) in [5, 5.41) is 8.13. The van der Waals surface area contributed by atoms with Crippen molar-refractivity contribution in [2.24, 2.45) is 0 Å². The molecule has 3 aromatic heterocycles. The maximum atomic E-state index is 12.8. The molecule has 1 saturated heterocycles. The van der Waals surface area contributed by atoms with Crippen LogP contribution in [0.25, 0.3) is 22.2 Å². The van der Waals surface area contributed by atoms with E-state index in [9.17, 15) is 9.59 Å². The summed E-state index contributed by atoms with van der Waals surface area (Å²) in [7, 11) is 0. The lowest BCUT2D eigenvalue weighted by Gasteiger charge is -2.41. The summed E-state index contributed by atoms with van der Waals surface area (Å²) in [6, 6.07) is 7.69. The average Bonchev–Trinajstić information content (AvgIpc) is 3.22. The van der Waals surface area contributed by atoms with Crippen LogP contribution in [0.4, 0.5) is 10.6 Å². The maximum absolute atomic E-state index is 12.8. The van der Waals surface area contributed by atoms with E-state index in [0.717, 1.165) is 53.7 Å². The lowest BCUT2D eigenvalue weighted by molar-refractivity contribution is -0.131. The molecule has 4 heterocycles. The van der Waals surface area contributed by atoms with Gasteiger partial charge in [0, 0.05) is 42.0 Å². The van der Waals surface area contributed by atoms with Crippen LogP contribution in [-0.2, 0) is 9.53 Å². The number of carbonyl (C=O) groups is 2. The molecule has 10 heteroatoms. The van der Waals surface area contributed by atoms with Gasteiger partial charge in [0.15, 0.2) is 0 Å². The zero-order chi connectivity index (χ0) is 26.2. The number of amides is 2. The molecule has 0 spiro atoms. The van der Waals surface area contributed by atoms with Crippen molar-refractivity contribution >= 4 is 40.5 Å². The number of H-pyrrole nitrogens is 1. The molecule has 1 aliphatic heterocycles. The van der Waals surface area contributed by atoms with Crippen LogP contribution < -0.4 is 10.6 Å². The molecule has 2 amide bonds. The van der Waals surface area contributed by atoms with Gasteiger partial charge in [-0.2, -0.15) is 0 Å². The van der Waals surface area contributed by atoms with Gasteiger partial charge in [-0.3, -0.25) is 9.69 Å². The number of likely N-dealkylation sites (tertiary alicyclic amines) is 1. The van der Waals surface area contributed by atoms with Crippen LogP contribution in [0.3, 0.4) is 0 Å². The van der Waals surface area contributed by atoms with Gasteiger partial charge in [-0.15, -0.1) is 0 Å². The third-order valence-corrected chi connectivity index (χ3v) is 7.13. The number of aromatic amines is 1. The van der Waals surface area contributed by atoms with Crippen LogP contribution in [0, 0.1) is 0 Å². The largest absolute Gasteiger partial charge is 0.444 e. The summed E-state index contributed by atoms with van der Waals surface area (Å²) < 4.78 is 5.42. The molecule has 0 radical (unpaired) electrons. The van der Waals surface area contributed by atoms with Gasteiger partial charge in [-0.05, 0) is 82.7 Å². The van der Waals surface area contributed by atoms with E-state index in [0.29, 0.717) is 18.1 Å². The molecular weight excluding hydrogens is 492 g/mol. The Labute approximate surface area is 221 Å². The molecule has 3 N–H and O–H groups in total. The maximum Gasteiger partial charge on any atom is 0.410 e. The van der Waals surface area contributed by atoms with Crippen molar-refractivity contribution in [1.29, 1.82) is 0 Å².